The molecule has 8 bridgehead atoms. The summed E-state index contributed by atoms with van der Waals surface area (Å²) in [6.45, 7) is 26.3. The lowest BCUT2D eigenvalue weighted by atomic mass is 9.91. The molecular weight excluding hydrogens is 1020 g/mol. The lowest BCUT2D eigenvalue weighted by molar-refractivity contribution is 0.305. The topological polar surface area (TPSA) is 36.9 Å². The first kappa shape index (κ1) is 57.0. The zero-order valence-electron chi connectivity index (χ0n) is 48.2. The van der Waals surface area contributed by atoms with Gasteiger partial charge in [0.2, 0.25) is 0 Å². The SMILES string of the molecule is CCCOc1c2cc(P(c3ccccc3)c3ccccc3)cc1Cc1cc([Si](C)(C)C)cc(c1OCCC)Cc1cc(P(c3ccccc3)c3ccccc3)cc(c1OCCC)Cc1cc([Si](C)(C)C)cc(c1OCCC)C2. The molecule has 0 saturated carbocycles. The Morgan fingerprint density at radius 3 is 0.692 bits per heavy atom. The first-order valence-corrected chi connectivity index (χ1v) is 38.4. The predicted molar refractivity (Wildman–Crippen MR) is 344 cm³/mol. The molecule has 1 aliphatic carbocycles. The van der Waals surface area contributed by atoms with E-state index in [1.165, 1.54) is 86.7 Å². The minimum Gasteiger partial charge on any atom is -0.493 e. The predicted octanol–water partition coefficient (Wildman–Crippen LogP) is 14.1. The van der Waals surface area contributed by atoms with Crippen molar-refractivity contribution in [3.05, 3.63) is 214 Å². The van der Waals surface area contributed by atoms with Gasteiger partial charge in [-0.2, -0.15) is 0 Å². The molecular formula is C70H82O4P2Si2. The molecule has 0 N–H and O–H groups in total. The van der Waals surface area contributed by atoms with E-state index in [2.05, 4.69) is 237 Å². The third-order valence-corrected chi connectivity index (χ3v) is 23.4. The summed E-state index contributed by atoms with van der Waals surface area (Å²) in [5.74, 6) is 3.98. The van der Waals surface area contributed by atoms with Crippen LogP contribution in [0, 0.1) is 0 Å². The Kier molecular flexibility index (Phi) is 19.0. The largest absolute Gasteiger partial charge is 0.493 e. The van der Waals surface area contributed by atoms with Crippen molar-refractivity contribution in [1.29, 1.82) is 0 Å². The van der Waals surface area contributed by atoms with E-state index in [0.29, 0.717) is 52.1 Å². The second kappa shape index (κ2) is 26.0. The number of ether oxygens (including phenoxy) is 4. The average Bonchev–Trinajstić information content (AvgIpc) is 3.45. The molecule has 9 rings (SSSR count). The Morgan fingerprint density at radius 2 is 0.500 bits per heavy atom. The Labute approximate surface area is 472 Å². The summed E-state index contributed by atoms with van der Waals surface area (Å²) in [5, 5.41) is 10.8. The van der Waals surface area contributed by atoms with E-state index in [-0.39, 0.29) is 0 Å². The molecule has 8 aromatic rings. The van der Waals surface area contributed by atoms with E-state index in [1.54, 1.807) is 0 Å². The molecule has 0 aliphatic heterocycles. The summed E-state index contributed by atoms with van der Waals surface area (Å²) >= 11 is 0. The molecule has 0 unspecified atom stereocenters. The van der Waals surface area contributed by atoms with Gasteiger partial charge >= 0.3 is 0 Å². The molecule has 0 fully saturated rings. The molecule has 0 heterocycles. The highest BCUT2D eigenvalue weighted by atomic mass is 31.1. The van der Waals surface area contributed by atoms with Crippen LogP contribution in [0.15, 0.2) is 170 Å². The van der Waals surface area contributed by atoms with Gasteiger partial charge < -0.3 is 18.9 Å². The molecule has 78 heavy (non-hydrogen) atoms. The smallest absolute Gasteiger partial charge is 0.126 e. The van der Waals surface area contributed by atoms with Gasteiger partial charge in [-0.1, -0.05) is 223 Å². The van der Waals surface area contributed by atoms with Gasteiger partial charge in [0, 0.05) is 25.7 Å². The standard InChI is InChI=1S/C70H82O4P2Si2/c1-11-35-71-67-51-39-55-47-65(77(5,6)7)49-57(69(55)73-37-13-3)41-53-45-64(76(61-31-23-17-24-32-61)62-33-25-18-26-34-62)46-54(68(53)72-36-12-2)42-58-50-66(78(8,9)10)48-56(70(58)74-38-14-4)40-52(67)44-63(43-51)75(59-27-19-15-20-28-59)60-29-21-16-22-30-60/h15-34,43-50H,11-14,35-42H2,1-10H3. The average molecular weight is 1110 g/mol. The van der Waals surface area contributed by atoms with Gasteiger partial charge in [-0.15, -0.1) is 0 Å². The maximum Gasteiger partial charge on any atom is 0.126 e. The third-order valence-electron chi connectivity index (χ3n) is 14.6. The van der Waals surface area contributed by atoms with E-state index in [0.717, 1.165) is 48.7 Å². The Hall–Kier alpha value is -5.75. The van der Waals surface area contributed by atoms with Gasteiger partial charge in [-0.05, 0) is 142 Å². The molecule has 0 radical (unpaired) electrons. The van der Waals surface area contributed by atoms with E-state index in [1.807, 2.05) is 0 Å². The lowest BCUT2D eigenvalue weighted by Gasteiger charge is -2.28. The highest BCUT2D eigenvalue weighted by Gasteiger charge is 2.30. The monoisotopic (exact) mass is 1100 g/mol. The van der Waals surface area contributed by atoms with Crippen LogP contribution in [0.4, 0.5) is 0 Å². The van der Waals surface area contributed by atoms with Gasteiger partial charge in [-0.3, -0.25) is 0 Å². The minimum atomic E-state index is -1.92. The van der Waals surface area contributed by atoms with Gasteiger partial charge in [0.05, 0.1) is 42.6 Å². The summed E-state index contributed by atoms with van der Waals surface area (Å²) in [5.41, 5.74) is 9.68. The van der Waals surface area contributed by atoms with Crippen LogP contribution in [0.5, 0.6) is 23.0 Å². The van der Waals surface area contributed by atoms with Crippen LogP contribution in [-0.2, 0) is 25.7 Å². The van der Waals surface area contributed by atoms with Gasteiger partial charge in [0.25, 0.3) is 0 Å². The Balaban J connectivity index is 1.42. The highest BCUT2D eigenvalue weighted by molar-refractivity contribution is 7.80. The fraction of sp³-hybridized carbons (Fsp3) is 0.314. The number of fused-ring (bicyclic) bond motifs is 8. The molecule has 0 spiro atoms. The fourth-order valence-electron chi connectivity index (χ4n) is 10.7. The molecule has 1 aliphatic rings. The van der Waals surface area contributed by atoms with Crippen molar-refractivity contribution in [3.63, 3.8) is 0 Å². The Bertz CT molecular complexity index is 2870. The quantitative estimate of drug-likeness (QED) is 0.0563. The molecule has 0 amide bonds. The van der Waals surface area contributed by atoms with Crippen molar-refractivity contribution in [1.82, 2.24) is 0 Å². The molecule has 404 valence electrons. The van der Waals surface area contributed by atoms with Gasteiger partial charge in [0.1, 0.15) is 23.0 Å². The molecule has 8 aromatic carbocycles. The summed E-state index contributed by atoms with van der Waals surface area (Å²) < 4.78 is 28.8. The zero-order chi connectivity index (χ0) is 54.8. The fourth-order valence-corrected chi connectivity index (χ4v) is 18.0. The lowest BCUT2D eigenvalue weighted by Crippen LogP contribution is -2.38. The van der Waals surface area contributed by atoms with Crippen molar-refractivity contribution >= 4 is 74.2 Å². The van der Waals surface area contributed by atoms with Crippen molar-refractivity contribution in [2.45, 2.75) is 118 Å². The van der Waals surface area contributed by atoms with E-state index in [9.17, 15) is 0 Å². The van der Waals surface area contributed by atoms with Crippen LogP contribution in [0.3, 0.4) is 0 Å². The van der Waals surface area contributed by atoms with Crippen molar-refractivity contribution in [3.8, 4) is 23.0 Å². The normalized spacial score (nSPS) is 12.7. The van der Waals surface area contributed by atoms with Gasteiger partial charge in [-0.25, -0.2) is 0 Å². The van der Waals surface area contributed by atoms with Crippen molar-refractivity contribution in [2.75, 3.05) is 26.4 Å². The first-order chi connectivity index (χ1) is 37.8. The molecule has 0 saturated heterocycles. The molecule has 0 aromatic heterocycles. The summed E-state index contributed by atoms with van der Waals surface area (Å²) in [6.07, 6.45) is 6.26. The number of hydrogen-bond acceptors (Lipinski definition) is 4. The number of benzene rings is 8. The van der Waals surface area contributed by atoms with Crippen LogP contribution in [0.2, 0.25) is 39.3 Å². The molecule has 4 nitrogen and oxygen atoms in total. The summed E-state index contributed by atoms with van der Waals surface area (Å²) in [7, 11) is -5.73. The Morgan fingerprint density at radius 1 is 0.295 bits per heavy atom. The van der Waals surface area contributed by atoms with Crippen LogP contribution in [0.1, 0.15) is 97.9 Å². The van der Waals surface area contributed by atoms with E-state index in [4.69, 9.17) is 18.9 Å². The van der Waals surface area contributed by atoms with Crippen LogP contribution < -0.4 is 61.1 Å². The molecule has 0 atom stereocenters. The third kappa shape index (κ3) is 13.5. The second-order valence-electron chi connectivity index (χ2n) is 23.0. The second-order valence-corrected chi connectivity index (χ2v) is 37.6. The molecule has 8 heteroatoms. The van der Waals surface area contributed by atoms with Crippen molar-refractivity contribution < 1.29 is 18.9 Å². The van der Waals surface area contributed by atoms with Crippen LogP contribution in [-0.4, -0.2) is 42.6 Å². The van der Waals surface area contributed by atoms with E-state index < -0.39 is 32.0 Å². The van der Waals surface area contributed by atoms with Gasteiger partial charge in [0.15, 0.2) is 0 Å². The summed E-state index contributed by atoms with van der Waals surface area (Å²) in [4.78, 5) is 0. The first-order valence-electron chi connectivity index (χ1n) is 28.7. The minimum absolute atomic E-state index is 0.621. The summed E-state index contributed by atoms with van der Waals surface area (Å²) in [6, 6.07) is 64.8. The zero-order valence-corrected chi connectivity index (χ0v) is 52.0. The number of rotatable bonds is 20. The maximum absolute atomic E-state index is 7.21. The maximum atomic E-state index is 7.21. The van der Waals surface area contributed by atoms with E-state index >= 15 is 0 Å². The van der Waals surface area contributed by atoms with Crippen LogP contribution >= 0.6 is 15.8 Å². The van der Waals surface area contributed by atoms with Crippen LogP contribution in [0.25, 0.3) is 0 Å². The van der Waals surface area contributed by atoms with Crippen molar-refractivity contribution in [2.24, 2.45) is 0 Å². The number of hydrogen-bond donors (Lipinski definition) is 0. The highest BCUT2D eigenvalue weighted by Crippen LogP contribution is 2.43.